The zero-order valence-electron chi connectivity index (χ0n) is 11.1. The summed E-state index contributed by atoms with van der Waals surface area (Å²) >= 11 is 0. The summed E-state index contributed by atoms with van der Waals surface area (Å²) in [5.41, 5.74) is 0. The molecule has 16 heavy (non-hydrogen) atoms. The van der Waals surface area contributed by atoms with E-state index in [1.54, 1.807) is 0 Å². The van der Waals surface area contributed by atoms with E-state index in [1.807, 2.05) is 0 Å². The van der Waals surface area contributed by atoms with Crippen LogP contribution in [0, 0.1) is 0 Å². The van der Waals surface area contributed by atoms with Gasteiger partial charge in [-0.1, -0.05) is 39.5 Å². The third-order valence-corrected chi connectivity index (χ3v) is 3.34. The van der Waals surface area contributed by atoms with Gasteiger partial charge < -0.3 is 9.47 Å². The summed E-state index contributed by atoms with van der Waals surface area (Å²) in [6.07, 6.45) is 10.9. The molecule has 0 radical (unpaired) electrons. The predicted molar refractivity (Wildman–Crippen MR) is 67.5 cm³/mol. The maximum Gasteiger partial charge on any atom is 0.168 e. The van der Waals surface area contributed by atoms with Gasteiger partial charge in [0.1, 0.15) is 0 Å². The van der Waals surface area contributed by atoms with Crippen LogP contribution in [0.25, 0.3) is 0 Å². The van der Waals surface area contributed by atoms with Gasteiger partial charge in [-0.2, -0.15) is 0 Å². The van der Waals surface area contributed by atoms with Crippen molar-refractivity contribution in [1.29, 1.82) is 0 Å². The lowest BCUT2D eigenvalue weighted by Crippen LogP contribution is -2.40. The van der Waals surface area contributed by atoms with Gasteiger partial charge in [0.2, 0.25) is 0 Å². The predicted octanol–water partition coefficient (Wildman–Crippen LogP) is 4.28. The highest BCUT2D eigenvalue weighted by atomic mass is 16.7. The largest absolute Gasteiger partial charge is 0.350 e. The lowest BCUT2D eigenvalue weighted by molar-refractivity contribution is -0.274. The Balaban J connectivity index is 2.30. The van der Waals surface area contributed by atoms with E-state index < -0.39 is 0 Å². The van der Waals surface area contributed by atoms with Gasteiger partial charge in [0.15, 0.2) is 5.79 Å². The fourth-order valence-corrected chi connectivity index (χ4v) is 2.30. The third-order valence-electron chi connectivity index (χ3n) is 3.34. The lowest BCUT2D eigenvalue weighted by atomic mass is 10.00. The number of hydrogen-bond donors (Lipinski definition) is 0. The minimum Gasteiger partial charge on any atom is -0.350 e. The van der Waals surface area contributed by atoms with Crippen molar-refractivity contribution in [3.63, 3.8) is 0 Å². The Bertz CT molecular complexity index is 162. The standard InChI is InChI=1S/C14H28O2/c1-3-5-7-8-11-14(10-6-4-2)15-12-9-13-16-14/h3-13H2,1-2H3. The van der Waals surface area contributed by atoms with Crippen LogP contribution in [0.15, 0.2) is 0 Å². The maximum absolute atomic E-state index is 5.93. The summed E-state index contributed by atoms with van der Waals surface area (Å²) in [6.45, 7) is 6.25. The molecule has 0 aromatic rings. The summed E-state index contributed by atoms with van der Waals surface area (Å²) < 4.78 is 11.9. The summed E-state index contributed by atoms with van der Waals surface area (Å²) in [4.78, 5) is 0. The van der Waals surface area contributed by atoms with Gasteiger partial charge in [0, 0.05) is 12.8 Å². The Morgan fingerprint density at radius 2 is 1.44 bits per heavy atom. The average Bonchev–Trinajstić information content (AvgIpc) is 2.34. The molecule has 0 aromatic carbocycles. The first-order valence-electron chi connectivity index (χ1n) is 7.11. The molecule has 1 rings (SSSR count). The molecule has 0 aliphatic carbocycles. The van der Waals surface area contributed by atoms with Crippen LogP contribution in [0.4, 0.5) is 0 Å². The molecule has 0 saturated carbocycles. The van der Waals surface area contributed by atoms with Crippen molar-refractivity contribution in [2.45, 2.75) is 77.4 Å². The van der Waals surface area contributed by atoms with Gasteiger partial charge in [-0.05, 0) is 19.3 Å². The molecule has 1 aliphatic rings. The van der Waals surface area contributed by atoms with Crippen LogP contribution in [-0.2, 0) is 9.47 Å². The first-order valence-corrected chi connectivity index (χ1v) is 7.11. The van der Waals surface area contributed by atoms with Crippen molar-refractivity contribution in [3.05, 3.63) is 0 Å². The molecule has 1 aliphatic heterocycles. The van der Waals surface area contributed by atoms with Crippen molar-refractivity contribution in [3.8, 4) is 0 Å². The first-order chi connectivity index (χ1) is 7.83. The molecule has 0 amide bonds. The van der Waals surface area contributed by atoms with Crippen LogP contribution < -0.4 is 0 Å². The van der Waals surface area contributed by atoms with Crippen molar-refractivity contribution < 1.29 is 9.47 Å². The Hall–Kier alpha value is -0.0800. The quantitative estimate of drug-likeness (QED) is 0.577. The van der Waals surface area contributed by atoms with E-state index in [0.717, 1.165) is 32.5 Å². The molecule has 2 nitrogen and oxygen atoms in total. The minimum absolute atomic E-state index is 0.220. The highest BCUT2D eigenvalue weighted by Gasteiger charge is 2.33. The number of unbranched alkanes of at least 4 members (excludes halogenated alkanes) is 4. The van der Waals surface area contributed by atoms with Crippen LogP contribution in [0.5, 0.6) is 0 Å². The summed E-state index contributed by atoms with van der Waals surface area (Å²) in [5.74, 6) is -0.220. The lowest BCUT2D eigenvalue weighted by Gasteiger charge is -2.37. The van der Waals surface area contributed by atoms with E-state index in [9.17, 15) is 0 Å². The SMILES string of the molecule is CCCCCCC1(CCCC)OCCCO1. The van der Waals surface area contributed by atoms with E-state index in [-0.39, 0.29) is 5.79 Å². The molecule has 1 saturated heterocycles. The van der Waals surface area contributed by atoms with E-state index in [2.05, 4.69) is 13.8 Å². The molecule has 0 unspecified atom stereocenters. The second-order valence-corrected chi connectivity index (χ2v) is 4.88. The Labute approximate surface area is 101 Å². The summed E-state index contributed by atoms with van der Waals surface area (Å²) in [6, 6.07) is 0. The van der Waals surface area contributed by atoms with Crippen LogP contribution in [0.3, 0.4) is 0 Å². The Kier molecular flexibility index (Phi) is 7.06. The minimum atomic E-state index is -0.220. The van der Waals surface area contributed by atoms with Crippen LogP contribution >= 0.6 is 0 Å². The van der Waals surface area contributed by atoms with Crippen molar-refractivity contribution in [2.75, 3.05) is 13.2 Å². The molecule has 0 aromatic heterocycles. The van der Waals surface area contributed by atoms with Gasteiger partial charge in [-0.3, -0.25) is 0 Å². The van der Waals surface area contributed by atoms with Gasteiger partial charge in [-0.25, -0.2) is 0 Å². The molecular weight excluding hydrogens is 200 g/mol. The van der Waals surface area contributed by atoms with E-state index >= 15 is 0 Å². The number of ether oxygens (including phenoxy) is 2. The second-order valence-electron chi connectivity index (χ2n) is 4.88. The highest BCUT2D eigenvalue weighted by Crippen LogP contribution is 2.30. The van der Waals surface area contributed by atoms with E-state index in [0.29, 0.717) is 0 Å². The summed E-state index contributed by atoms with van der Waals surface area (Å²) in [5, 5.41) is 0. The van der Waals surface area contributed by atoms with Crippen LogP contribution in [0.1, 0.15) is 71.6 Å². The topological polar surface area (TPSA) is 18.5 Å². The molecule has 0 spiro atoms. The molecule has 0 N–H and O–H groups in total. The van der Waals surface area contributed by atoms with Gasteiger partial charge in [0.25, 0.3) is 0 Å². The molecule has 2 heteroatoms. The zero-order chi connectivity index (χ0) is 11.7. The van der Waals surface area contributed by atoms with Gasteiger partial charge in [0.05, 0.1) is 13.2 Å². The van der Waals surface area contributed by atoms with Crippen LogP contribution in [-0.4, -0.2) is 19.0 Å². The fraction of sp³-hybridized carbons (Fsp3) is 1.00. The highest BCUT2D eigenvalue weighted by molar-refractivity contribution is 4.73. The summed E-state index contributed by atoms with van der Waals surface area (Å²) in [7, 11) is 0. The van der Waals surface area contributed by atoms with Crippen molar-refractivity contribution in [2.24, 2.45) is 0 Å². The van der Waals surface area contributed by atoms with E-state index in [1.165, 1.54) is 38.5 Å². The molecule has 96 valence electrons. The number of rotatable bonds is 8. The van der Waals surface area contributed by atoms with Gasteiger partial charge >= 0.3 is 0 Å². The monoisotopic (exact) mass is 228 g/mol. The van der Waals surface area contributed by atoms with E-state index in [4.69, 9.17) is 9.47 Å². The smallest absolute Gasteiger partial charge is 0.168 e. The molecule has 1 fully saturated rings. The normalized spacial score (nSPS) is 19.9. The van der Waals surface area contributed by atoms with Gasteiger partial charge in [-0.15, -0.1) is 0 Å². The molecule has 0 bridgehead atoms. The maximum atomic E-state index is 5.93. The second kappa shape index (κ2) is 8.08. The molecular formula is C14H28O2. The zero-order valence-corrected chi connectivity index (χ0v) is 11.1. The third kappa shape index (κ3) is 4.84. The Morgan fingerprint density at radius 3 is 2.06 bits per heavy atom. The average molecular weight is 228 g/mol. The van der Waals surface area contributed by atoms with Crippen LogP contribution in [0.2, 0.25) is 0 Å². The van der Waals surface area contributed by atoms with Crippen molar-refractivity contribution >= 4 is 0 Å². The van der Waals surface area contributed by atoms with Crippen molar-refractivity contribution in [1.82, 2.24) is 0 Å². The number of hydrogen-bond acceptors (Lipinski definition) is 2. The first kappa shape index (κ1) is 14.0. The Morgan fingerprint density at radius 1 is 0.812 bits per heavy atom. The molecule has 0 atom stereocenters. The fourth-order valence-electron chi connectivity index (χ4n) is 2.30. The molecule has 1 heterocycles.